The number of hydrogen-bond acceptors (Lipinski definition) is 3. The van der Waals surface area contributed by atoms with E-state index in [-0.39, 0.29) is 6.10 Å². The maximum Gasteiger partial charge on any atom is 0.138 e. The quantitative estimate of drug-likeness (QED) is 0.931. The van der Waals surface area contributed by atoms with E-state index in [2.05, 4.69) is 16.4 Å². The molecule has 1 unspecified atom stereocenters. The summed E-state index contributed by atoms with van der Waals surface area (Å²) in [6.07, 6.45) is 5.89. The third-order valence-electron chi connectivity index (χ3n) is 3.92. The molecule has 21 heavy (non-hydrogen) atoms. The molecule has 1 aromatic carbocycles. The van der Waals surface area contributed by atoms with Gasteiger partial charge in [-0.15, -0.1) is 0 Å². The Morgan fingerprint density at radius 3 is 2.67 bits per heavy atom. The number of rotatable bonds is 4. The Kier molecular flexibility index (Phi) is 4.73. The van der Waals surface area contributed by atoms with Crippen molar-refractivity contribution in [3.63, 3.8) is 0 Å². The van der Waals surface area contributed by atoms with Gasteiger partial charge >= 0.3 is 0 Å². The molecule has 1 saturated heterocycles. The molecule has 110 valence electrons. The van der Waals surface area contributed by atoms with Gasteiger partial charge in [0, 0.05) is 23.9 Å². The van der Waals surface area contributed by atoms with Crippen LogP contribution in [-0.2, 0) is 0 Å². The van der Waals surface area contributed by atoms with E-state index < -0.39 is 0 Å². The average Bonchev–Trinajstić information content (AvgIpc) is 2.56. The first kappa shape index (κ1) is 14.4. The van der Waals surface area contributed by atoms with Gasteiger partial charge in [0.15, 0.2) is 0 Å². The van der Waals surface area contributed by atoms with Crippen molar-refractivity contribution in [1.82, 2.24) is 10.3 Å². The minimum Gasteiger partial charge on any atom is -0.484 e. The van der Waals surface area contributed by atoms with Gasteiger partial charge in [0.1, 0.15) is 11.9 Å². The van der Waals surface area contributed by atoms with Crippen LogP contribution in [0.5, 0.6) is 5.75 Å². The van der Waals surface area contributed by atoms with Crippen molar-refractivity contribution in [1.29, 1.82) is 0 Å². The lowest BCUT2D eigenvalue weighted by Crippen LogP contribution is -2.32. The number of benzene rings is 1. The zero-order valence-corrected chi connectivity index (χ0v) is 12.6. The van der Waals surface area contributed by atoms with Crippen molar-refractivity contribution in [2.24, 2.45) is 5.92 Å². The lowest BCUT2D eigenvalue weighted by Gasteiger charge is -2.31. The number of pyridine rings is 1. The molecule has 0 aliphatic carbocycles. The second-order valence-electron chi connectivity index (χ2n) is 5.34. The highest BCUT2D eigenvalue weighted by Gasteiger charge is 2.27. The summed E-state index contributed by atoms with van der Waals surface area (Å²) in [5, 5.41) is 4.05. The van der Waals surface area contributed by atoms with Crippen molar-refractivity contribution < 1.29 is 4.74 Å². The molecule has 1 N–H and O–H groups in total. The van der Waals surface area contributed by atoms with Gasteiger partial charge in [-0.05, 0) is 44.1 Å². The fraction of sp³-hybridized carbons (Fsp3) is 0.353. The number of para-hydroxylation sites is 1. The fourth-order valence-corrected chi connectivity index (χ4v) is 2.99. The lowest BCUT2D eigenvalue weighted by atomic mass is 9.88. The van der Waals surface area contributed by atoms with Gasteiger partial charge in [-0.1, -0.05) is 29.8 Å². The molecule has 1 fully saturated rings. The van der Waals surface area contributed by atoms with E-state index in [1.54, 1.807) is 6.20 Å². The predicted octanol–water partition coefficient (Wildman–Crippen LogP) is 3.85. The third-order valence-corrected chi connectivity index (χ3v) is 4.23. The molecule has 0 saturated carbocycles. The molecule has 1 aliphatic heterocycles. The lowest BCUT2D eigenvalue weighted by molar-refractivity contribution is 0.112. The Balaban J connectivity index is 1.87. The van der Waals surface area contributed by atoms with Crippen LogP contribution < -0.4 is 10.1 Å². The molecular formula is C17H19ClN2O. The smallest absolute Gasteiger partial charge is 0.138 e. The zero-order valence-electron chi connectivity index (χ0n) is 11.8. The van der Waals surface area contributed by atoms with Crippen LogP contribution in [0.1, 0.15) is 24.5 Å². The Labute approximate surface area is 130 Å². The Morgan fingerprint density at radius 1 is 1.14 bits per heavy atom. The van der Waals surface area contributed by atoms with E-state index in [4.69, 9.17) is 16.3 Å². The van der Waals surface area contributed by atoms with Crippen LogP contribution >= 0.6 is 11.6 Å². The van der Waals surface area contributed by atoms with Gasteiger partial charge < -0.3 is 10.1 Å². The van der Waals surface area contributed by atoms with Crippen molar-refractivity contribution >= 4 is 11.6 Å². The summed E-state index contributed by atoms with van der Waals surface area (Å²) >= 11 is 6.24. The minimum atomic E-state index is 0.000648. The molecule has 2 aromatic rings. The van der Waals surface area contributed by atoms with Gasteiger partial charge in [0.05, 0.1) is 5.02 Å². The van der Waals surface area contributed by atoms with E-state index >= 15 is 0 Å². The molecule has 4 heteroatoms. The summed E-state index contributed by atoms with van der Waals surface area (Å²) in [6.45, 7) is 2.07. The van der Waals surface area contributed by atoms with Gasteiger partial charge in [-0.2, -0.15) is 0 Å². The van der Waals surface area contributed by atoms with Gasteiger partial charge in [-0.25, -0.2) is 0 Å². The van der Waals surface area contributed by atoms with Gasteiger partial charge in [0.25, 0.3) is 0 Å². The van der Waals surface area contributed by atoms with Crippen molar-refractivity contribution in [3.8, 4) is 5.75 Å². The first-order valence-electron chi connectivity index (χ1n) is 7.36. The largest absolute Gasteiger partial charge is 0.484 e. The predicted molar refractivity (Wildman–Crippen MR) is 84.7 cm³/mol. The highest BCUT2D eigenvalue weighted by molar-refractivity contribution is 6.32. The summed E-state index contributed by atoms with van der Waals surface area (Å²) in [5.74, 6) is 1.22. The molecular weight excluding hydrogens is 284 g/mol. The summed E-state index contributed by atoms with van der Waals surface area (Å²) < 4.78 is 6.27. The maximum absolute atomic E-state index is 6.27. The van der Waals surface area contributed by atoms with Crippen LogP contribution in [0.15, 0.2) is 48.8 Å². The number of nitrogens with one attached hydrogen (secondary N) is 1. The monoisotopic (exact) mass is 302 g/mol. The Hall–Kier alpha value is -1.58. The molecule has 1 aliphatic rings. The standard InChI is InChI=1S/C17H19ClN2O/c18-15-5-1-2-6-16(15)21-17(13-7-10-19-11-8-13)14-4-3-9-20-12-14/h1-6,9,12-13,17,19H,7-8,10-11H2. The maximum atomic E-state index is 6.27. The highest BCUT2D eigenvalue weighted by Crippen LogP contribution is 2.35. The first-order chi connectivity index (χ1) is 10.3. The third kappa shape index (κ3) is 3.55. The number of aromatic nitrogens is 1. The van der Waals surface area contributed by atoms with E-state index in [0.29, 0.717) is 10.9 Å². The van der Waals surface area contributed by atoms with Crippen LogP contribution in [-0.4, -0.2) is 18.1 Å². The molecule has 3 nitrogen and oxygen atoms in total. The van der Waals surface area contributed by atoms with E-state index in [9.17, 15) is 0 Å². The van der Waals surface area contributed by atoms with Gasteiger partial charge in [-0.3, -0.25) is 4.98 Å². The summed E-state index contributed by atoms with van der Waals surface area (Å²) in [7, 11) is 0. The first-order valence-corrected chi connectivity index (χ1v) is 7.74. The van der Waals surface area contributed by atoms with Crippen LogP contribution in [0.3, 0.4) is 0 Å². The van der Waals surface area contributed by atoms with Crippen molar-refractivity contribution in [2.75, 3.05) is 13.1 Å². The van der Waals surface area contributed by atoms with Crippen LogP contribution in [0.25, 0.3) is 0 Å². The minimum absolute atomic E-state index is 0.000648. The second-order valence-corrected chi connectivity index (χ2v) is 5.75. The molecule has 0 bridgehead atoms. The van der Waals surface area contributed by atoms with Crippen molar-refractivity contribution in [2.45, 2.75) is 18.9 Å². The van der Waals surface area contributed by atoms with Gasteiger partial charge in [0.2, 0.25) is 0 Å². The fourth-order valence-electron chi connectivity index (χ4n) is 2.80. The highest BCUT2D eigenvalue weighted by atomic mass is 35.5. The molecule has 0 spiro atoms. The normalized spacial score (nSPS) is 17.4. The molecule has 0 radical (unpaired) electrons. The van der Waals surface area contributed by atoms with Crippen LogP contribution in [0.4, 0.5) is 0 Å². The Bertz CT molecular complexity index is 570. The number of nitrogens with zero attached hydrogens (tertiary/aromatic N) is 1. The zero-order chi connectivity index (χ0) is 14.5. The van der Waals surface area contributed by atoms with E-state index in [0.717, 1.165) is 37.2 Å². The van der Waals surface area contributed by atoms with E-state index in [1.165, 1.54) is 0 Å². The number of halogens is 1. The molecule has 2 heterocycles. The van der Waals surface area contributed by atoms with E-state index in [1.807, 2.05) is 36.5 Å². The number of ether oxygens (including phenoxy) is 1. The number of hydrogen-bond donors (Lipinski definition) is 1. The molecule has 3 rings (SSSR count). The molecule has 1 atom stereocenters. The van der Waals surface area contributed by atoms with Crippen LogP contribution in [0.2, 0.25) is 5.02 Å². The summed E-state index contributed by atoms with van der Waals surface area (Å²) in [4.78, 5) is 4.24. The SMILES string of the molecule is Clc1ccccc1OC(c1cccnc1)C1CCNCC1. The molecule has 1 aromatic heterocycles. The summed E-state index contributed by atoms with van der Waals surface area (Å²) in [5.41, 5.74) is 1.12. The topological polar surface area (TPSA) is 34.1 Å². The average molecular weight is 303 g/mol. The second kappa shape index (κ2) is 6.92. The number of piperidine rings is 1. The van der Waals surface area contributed by atoms with Crippen molar-refractivity contribution in [3.05, 3.63) is 59.4 Å². The van der Waals surface area contributed by atoms with Crippen LogP contribution in [0, 0.1) is 5.92 Å². The molecule has 0 amide bonds. The Morgan fingerprint density at radius 2 is 1.95 bits per heavy atom. The summed E-state index contributed by atoms with van der Waals surface area (Å²) in [6, 6.07) is 11.7.